The van der Waals surface area contributed by atoms with Gasteiger partial charge in [0, 0.05) is 12.5 Å². The number of amides is 1. The summed E-state index contributed by atoms with van der Waals surface area (Å²) in [6.07, 6.45) is 0.548. The molecule has 1 aliphatic carbocycles. The van der Waals surface area contributed by atoms with Gasteiger partial charge in [-0.2, -0.15) is 0 Å². The van der Waals surface area contributed by atoms with E-state index in [4.69, 9.17) is 14.2 Å². The van der Waals surface area contributed by atoms with Crippen molar-refractivity contribution in [3.8, 4) is 0 Å². The fourth-order valence-electron chi connectivity index (χ4n) is 3.47. The Bertz CT molecular complexity index is 443. The first-order valence-corrected chi connectivity index (χ1v) is 7.05. The number of epoxide rings is 1. The lowest BCUT2D eigenvalue weighted by Gasteiger charge is -2.46. The third kappa shape index (κ3) is 2.16. The Morgan fingerprint density at radius 2 is 1.95 bits per heavy atom. The first kappa shape index (κ1) is 13.7. The highest BCUT2D eigenvalue weighted by Crippen LogP contribution is 2.51. The number of nitrogens with zero attached hydrogens (tertiary/aromatic N) is 1. The van der Waals surface area contributed by atoms with E-state index in [9.17, 15) is 9.59 Å². The summed E-state index contributed by atoms with van der Waals surface area (Å²) in [5, 5.41) is 0. The van der Waals surface area contributed by atoms with E-state index in [1.54, 1.807) is 4.90 Å². The van der Waals surface area contributed by atoms with Crippen LogP contribution in [-0.2, 0) is 19.0 Å². The lowest BCUT2D eigenvalue weighted by molar-refractivity contribution is -0.152. The van der Waals surface area contributed by atoms with E-state index in [-0.39, 0.29) is 42.1 Å². The Labute approximate surface area is 118 Å². The van der Waals surface area contributed by atoms with Gasteiger partial charge >= 0.3 is 12.1 Å². The van der Waals surface area contributed by atoms with E-state index in [0.717, 1.165) is 6.42 Å². The Kier molecular flexibility index (Phi) is 2.97. The summed E-state index contributed by atoms with van der Waals surface area (Å²) in [5.74, 6) is -0.348. The Morgan fingerprint density at radius 3 is 2.50 bits per heavy atom. The highest BCUT2D eigenvalue weighted by Gasteiger charge is 2.65. The molecule has 2 bridgehead atoms. The zero-order chi connectivity index (χ0) is 14.7. The van der Waals surface area contributed by atoms with Crippen LogP contribution < -0.4 is 0 Å². The number of fused-ring (bicyclic) bond motifs is 2. The number of rotatable bonds is 1. The van der Waals surface area contributed by atoms with E-state index in [2.05, 4.69) is 0 Å². The molecule has 1 amide bonds. The number of carbonyl (C=O) groups is 2. The molecule has 3 saturated heterocycles. The number of methoxy groups -OCH3 is 1. The molecular weight excluding hydrogens is 262 g/mol. The van der Waals surface area contributed by atoms with Crippen molar-refractivity contribution in [3.05, 3.63) is 0 Å². The van der Waals surface area contributed by atoms with Crippen molar-refractivity contribution in [2.45, 2.75) is 51.0 Å². The number of esters is 1. The summed E-state index contributed by atoms with van der Waals surface area (Å²) >= 11 is 0. The van der Waals surface area contributed by atoms with Crippen molar-refractivity contribution in [2.75, 3.05) is 13.7 Å². The largest absolute Gasteiger partial charge is 0.469 e. The molecule has 20 heavy (non-hydrogen) atoms. The molecule has 0 aromatic carbocycles. The maximum absolute atomic E-state index is 12.3. The van der Waals surface area contributed by atoms with E-state index in [1.807, 2.05) is 20.8 Å². The molecule has 4 fully saturated rings. The normalized spacial score (nSPS) is 38.2. The molecule has 0 spiro atoms. The van der Waals surface area contributed by atoms with Crippen LogP contribution in [0.25, 0.3) is 0 Å². The molecule has 6 nitrogen and oxygen atoms in total. The molecule has 0 radical (unpaired) electrons. The fourth-order valence-corrected chi connectivity index (χ4v) is 3.47. The highest BCUT2D eigenvalue weighted by atomic mass is 16.6. The van der Waals surface area contributed by atoms with E-state index < -0.39 is 5.60 Å². The van der Waals surface area contributed by atoms with Gasteiger partial charge < -0.3 is 19.1 Å². The molecule has 3 heterocycles. The van der Waals surface area contributed by atoms with Crippen LogP contribution in [0.5, 0.6) is 0 Å². The van der Waals surface area contributed by atoms with Gasteiger partial charge in [-0.15, -0.1) is 0 Å². The van der Waals surface area contributed by atoms with Crippen LogP contribution in [0.1, 0.15) is 27.2 Å². The summed E-state index contributed by atoms with van der Waals surface area (Å²) in [5.41, 5.74) is -0.543. The maximum Gasteiger partial charge on any atom is 0.410 e. The van der Waals surface area contributed by atoms with Crippen molar-refractivity contribution in [3.63, 3.8) is 0 Å². The summed E-state index contributed by atoms with van der Waals surface area (Å²) in [4.78, 5) is 25.9. The smallest absolute Gasteiger partial charge is 0.410 e. The predicted molar refractivity (Wildman–Crippen MR) is 69.0 cm³/mol. The molecule has 1 saturated carbocycles. The predicted octanol–water partition coefficient (Wildman–Crippen LogP) is 1.18. The highest BCUT2D eigenvalue weighted by molar-refractivity contribution is 5.77. The second-order valence-corrected chi connectivity index (χ2v) is 6.81. The zero-order valence-corrected chi connectivity index (χ0v) is 12.3. The molecule has 0 N–H and O–H groups in total. The molecule has 0 aromatic rings. The van der Waals surface area contributed by atoms with Crippen molar-refractivity contribution in [1.82, 2.24) is 4.90 Å². The minimum atomic E-state index is -0.543. The molecule has 6 heteroatoms. The number of hydrogen-bond acceptors (Lipinski definition) is 5. The molecule has 5 atom stereocenters. The first-order chi connectivity index (χ1) is 9.31. The van der Waals surface area contributed by atoms with Gasteiger partial charge in [0.2, 0.25) is 0 Å². The zero-order valence-electron chi connectivity index (χ0n) is 12.3. The van der Waals surface area contributed by atoms with Gasteiger partial charge in [-0.1, -0.05) is 0 Å². The van der Waals surface area contributed by atoms with Crippen LogP contribution in [0.15, 0.2) is 0 Å². The lowest BCUT2D eigenvalue weighted by Crippen LogP contribution is -2.61. The van der Waals surface area contributed by atoms with Crippen LogP contribution >= 0.6 is 0 Å². The Balaban J connectivity index is 1.79. The standard InChI is InChI=1S/C14H21NO5/c1-14(2,3)20-13(17)15-6-7-5-8(12(16)18-4)9(15)11-10(7)19-11/h7-11H,5-6H2,1-4H3. The van der Waals surface area contributed by atoms with Crippen LogP contribution in [0.3, 0.4) is 0 Å². The van der Waals surface area contributed by atoms with Gasteiger partial charge in [0.25, 0.3) is 0 Å². The second kappa shape index (κ2) is 4.35. The topological polar surface area (TPSA) is 68.4 Å². The molecule has 3 aliphatic heterocycles. The van der Waals surface area contributed by atoms with Crippen molar-refractivity contribution in [2.24, 2.45) is 11.8 Å². The van der Waals surface area contributed by atoms with Crippen molar-refractivity contribution < 1.29 is 23.8 Å². The number of ether oxygens (including phenoxy) is 3. The van der Waals surface area contributed by atoms with Gasteiger partial charge in [0.1, 0.15) is 11.7 Å². The van der Waals surface area contributed by atoms with E-state index in [0.29, 0.717) is 6.54 Å². The molecule has 5 unspecified atom stereocenters. The van der Waals surface area contributed by atoms with Crippen molar-refractivity contribution in [1.29, 1.82) is 0 Å². The minimum absolute atomic E-state index is 0.0286. The van der Waals surface area contributed by atoms with E-state index >= 15 is 0 Å². The SMILES string of the molecule is COC(=O)C1CC2CN(C(=O)OC(C)(C)C)C1C1OC21. The average Bonchev–Trinajstić information content (AvgIpc) is 3.16. The van der Waals surface area contributed by atoms with Gasteiger partial charge in [-0.05, 0) is 27.2 Å². The molecule has 0 aromatic heterocycles. The third-order valence-corrected chi connectivity index (χ3v) is 4.25. The molecule has 4 rings (SSSR count). The number of hydrogen-bond donors (Lipinski definition) is 0. The summed E-state index contributed by atoms with van der Waals surface area (Å²) < 4.78 is 15.9. The monoisotopic (exact) mass is 283 g/mol. The van der Waals surface area contributed by atoms with Crippen LogP contribution in [0.4, 0.5) is 4.79 Å². The van der Waals surface area contributed by atoms with Gasteiger partial charge in [0.05, 0.1) is 25.2 Å². The minimum Gasteiger partial charge on any atom is -0.469 e. The summed E-state index contributed by atoms with van der Waals surface area (Å²) in [6, 6.07) is -0.243. The maximum atomic E-state index is 12.3. The van der Waals surface area contributed by atoms with E-state index in [1.165, 1.54) is 7.11 Å². The Morgan fingerprint density at radius 1 is 1.25 bits per heavy atom. The summed E-state index contributed by atoms with van der Waals surface area (Å²) in [7, 11) is 1.38. The number of piperidine rings is 2. The first-order valence-electron chi connectivity index (χ1n) is 7.05. The summed E-state index contributed by atoms with van der Waals surface area (Å²) in [6.45, 7) is 6.11. The van der Waals surface area contributed by atoms with Gasteiger partial charge in [0.15, 0.2) is 0 Å². The second-order valence-electron chi connectivity index (χ2n) is 6.81. The van der Waals surface area contributed by atoms with Gasteiger partial charge in [-0.25, -0.2) is 4.79 Å². The molecule has 112 valence electrons. The van der Waals surface area contributed by atoms with Crippen molar-refractivity contribution >= 4 is 12.1 Å². The van der Waals surface area contributed by atoms with Crippen LogP contribution in [0, 0.1) is 11.8 Å². The van der Waals surface area contributed by atoms with Crippen LogP contribution in [0.2, 0.25) is 0 Å². The lowest BCUT2D eigenvalue weighted by atomic mass is 9.73. The number of carbonyl (C=O) groups excluding carboxylic acids is 2. The van der Waals surface area contributed by atoms with Gasteiger partial charge in [-0.3, -0.25) is 4.79 Å². The third-order valence-electron chi connectivity index (χ3n) is 4.25. The molecule has 4 aliphatic rings. The Hall–Kier alpha value is -1.30. The van der Waals surface area contributed by atoms with Crippen LogP contribution in [-0.4, -0.2) is 54.5 Å². The average molecular weight is 283 g/mol. The quantitative estimate of drug-likeness (QED) is 0.534. The molecular formula is C14H21NO5. The fraction of sp³-hybridized carbons (Fsp3) is 0.857.